The second-order valence-corrected chi connectivity index (χ2v) is 5.62. The Kier molecular flexibility index (Phi) is 5.54. The van der Waals surface area contributed by atoms with E-state index in [9.17, 15) is 9.59 Å². The van der Waals surface area contributed by atoms with E-state index in [1.165, 1.54) is 11.8 Å². The third-order valence-electron chi connectivity index (χ3n) is 2.54. The molecule has 0 fully saturated rings. The van der Waals surface area contributed by atoms with Crippen molar-refractivity contribution in [2.45, 2.75) is 13.8 Å². The Morgan fingerprint density at radius 1 is 1.14 bits per heavy atom. The summed E-state index contributed by atoms with van der Waals surface area (Å²) in [6.45, 7) is 3.66. The van der Waals surface area contributed by atoms with Crippen LogP contribution in [0, 0.1) is 13.8 Å². The zero-order chi connectivity index (χ0) is 15.9. The molecule has 0 aliphatic heterocycles. The molecule has 0 aromatic carbocycles. The molecule has 8 heteroatoms. The molecule has 0 radical (unpaired) electrons. The van der Waals surface area contributed by atoms with Crippen LogP contribution in [0.1, 0.15) is 11.3 Å². The third kappa shape index (κ3) is 5.21. The molecule has 0 spiro atoms. The van der Waals surface area contributed by atoms with E-state index < -0.39 is 0 Å². The summed E-state index contributed by atoms with van der Waals surface area (Å²) >= 11 is 1.21. The van der Waals surface area contributed by atoms with Gasteiger partial charge in [0.05, 0.1) is 11.5 Å². The van der Waals surface area contributed by atoms with Gasteiger partial charge >= 0.3 is 0 Å². The van der Waals surface area contributed by atoms with Crippen molar-refractivity contribution in [1.29, 1.82) is 0 Å². The van der Waals surface area contributed by atoms with Crippen LogP contribution in [0.4, 0.5) is 11.6 Å². The summed E-state index contributed by atoms with van der Waals surface area (Å²) in [6.07, 6.45) is 1.68. The number of hydrogen-bond acceptors (Lipinski definition) is 6. The predicted molar refractivity (Wildman–Crippen MR) is 84.8 cm³/mol. The van der Waals surface area contributed by atoms with Gasteiger partial charge in [0.2, 0.25) is 11.8 Å². The van der Waals surface area contributed by atoms with E-state index in [0.717, 1.165) is 5.56 Å². The summed E-state index contributed by atoms with van der Waals surface area (Å²) < 4.78 is 4.84. The number of carbonyl (C=O) groups excluding carboxylic acids is 2. The van der Waals surface area contributed by atoms with Crippen molar-refractivity contribution in [3.8, 4) is 0 Å². The summed E-state index contributed by atoms with van der Waals surface area (Å²) in [4.78, 5) is 27.4. The highest BCUT2D eigenvalue weighted by molar-refractivity contribution is 8.00. The minimum Gasteiger partial charge on any atom is -0.360 e. The number of anilines is 2. The lowest BCUT2D eigenvalue weighted by Crippen LogP contribution is -2.19. The normalized spacial score (nSPS) is 10.3. The first kappa shape index (κ1) is 16.0. The molecule has 0 atom stereocenters. The number of thioether (sulfide) groups is 1. The topological polar surface area (TPSA) is 97.1 Å². The molecule has 0 unspecified atom stereocenters. The fraction of sp³-hybridized carbons (Fsp3) is 0.286. The molecule has 0 saturated heterocycles. The van der Waals surface area contributed by atoms with Gasteiger partial charge in [-0.05, 0) is 25.5 Å². The second-order valence-electron chi connectivity index (χ2n) is 4.63. The average molecular weight is 320 g/mol. The van der Waals surface area contributed by atoms with Gasteiger partial charge in [-0.2, -0.15) is 0 Å². The molecule has 2 rings (SSSR count). The molecular weight excluding hydrogens is 304 g/mol. The Morgan fingerprint density at radius 2 is 1.82 bits per heavy atom. The molecule has 0 aliphatic carbocycles. The highest BCUT2D eigenvalue weighted by Gasteiger charge is 2.08. The van der Waals surface area contributed by atoms with Crippen molar-refractivity contribution < 1.29 is 14.1 Å². The number of nitrogens with zero attached hydrogens (tertiary/aromatic N) is 2. The van der Waals surface area contributed by atoms with E-state index in [-0.39, 0.29) is 23.3 Å². The van der Waals surface area contributed by atoms with Crippen molar-refractivity contribution in [2.24, 2.45) is 0 Å². The highest BCUT2D eigenvalue weighted by Crippen LogP contribution is 2.09. The number of pyridine rings is 1. The van der Waals surface area contributed by atoms with Crippen LogP contribution in [-0.4, -0.2) is 33.5 Å². The lowest BCUT2D eigenvalue weighted by Gasteiger charge is -2.04. The van der Waals surface area contributed by atoms with Crippen molar-refractivity contribution in [1.82, 2.24) is 10.1 Å². The summed E-state index contributed by atoms with van der Waals surface area (Å²) in [5.41, 5.74) is 1.02. The number of amides is 2. The molecule has 2 aromatic heterocycles. The Morgan fingerprint density at radius 3 is 2.36 bits per heavy atom. The summed E-state index contributed by atoms with van der Waals surface area (Å²) in [5, 5.41) is 8.91. The van der Waals surface area contributed by atoms with Gasteiger partial charge in [-0.15, -0.1) is 11.8 Å². The minimum absolute atomic E-state index is 0.153. The maximum absolute atomic E-state index is 11.7. The number of hydrogen-bond donors (Lipinski definition) is 2. The van der Waals surface area contributed by atoms with Crippen molar-refractivity contribution >= 4 is 35.2 Å². The minimum atomic E-state index is -0.237. The summed E-state index contributed by atoms with van der Waals surface area (Å²) in [6, 6.07) is 5.22. The zero-order valence-corrected chi connectivity index (χ0v) is 13.1. The number of rotatable bonds is 6. The predicted octanol–water partition coefficient (Wildman–Crippen LogP) is 2.00. The molecule has 2 heterocycles. The van der Waals surface area contributed by atoms with Crippen LogP contribution < -0.4 is 10.6 Å². The van der Waals surface area contributed by atoms with Crippen molar-refractivity contribution in [3.63, 3.8) is 0 Å². The Bertz CT molecular complexity index is 654. The van der Waals surface area contributed by atoms with E-state index in [1.807, 2.05) is 13.0 Å². The first-order valence-electron chi connectivity index (χ1n) is 6.56. The van der Waals surface area contributed by atoms with E-state index in [1.54, 1.807) is 25.3 Å². The third-order valence-corrected chi connectivity index (χ3v) is 3.47. The SMILES string of the molecule is Cc1ccc(NC(=O)CSCC(=O)Nc2cc(C)on2)nc1. The van der Waals surface area contributed by atoms with Crippen LogP contribution in [0.5, 0.6) is 0 Å². The molecule has 116 valence electrons. The van der Waals surface area contributed by atoms with Gasteiger partial charge in [-0.1, -0.05) is 11.2 Å². The maximum atomic E-state index is 11.7. The Balaban J connectivity index is 1.68. The van der Waals surface area contributed by atoms with Crippen LogP contribution in [0.15, 0.2) is 28.9 Å². The van der Waals surface area contributed by atoms with Crippen LogP contribution >= 0.6 is 11.8 Å². The smallest absolute Gasteiger partial charge is 0.235 e. The van der Waals surface area contributed by atoms with E-state index in [0.29, 0.717) is 17.4 Å². The van der Waals surface area contributed by atoms with E-state index >= 15 is 0 Å². The largest absolute Gasteiger partial charge is 0.360 e. The van der Waals surface area contributed by atoms with E-state index in [2.05, 4.69) is 20.8 Å². The Hall–Kier alpha value is -2.35. The van der Waals surface area contributed by atoms with Crippen LogP contribution in [0.25, 0.3) is 0 Å². The first-order chi connectivity index (χ1) is 10.5. The number of carbonyl (C=O) groups is 2. The molecule has 2 amide bonds. The van der Waals surface area contributed by atoms with Gasteiger partial charge < -0.3 is 15.2 Å². The van der Waals surface area contributed by atoms with Gasteiger partial charge in [0.25, 0.3) is 0 Å². The summed E-state index contributed by atoms with van der Waals surface area (Å²) in [7, 11) is 0. The fourth-order valence-corrected chi connectivity index (χ4v) is 2.18. The standard InChI is InChI=1S/C14H16N4O3S/c1-9-3-4-11(15-6-9)16-13(19)7-22-8-14(20)17-12-5-10(2)21-18-12/h3-6H,7-8H2,1-2H3,(H,15,16,19)(H,17,18,20). The molecule has 2 aromatic rings. The highest BCUT2D eigenvalue weighted by atomic mass is 32.2. The molecule has 22 heavy (non-hydrogen) atoms. The van der Waals surface area contributed by atoms with Crippen molar-refractivity contribution in [3.05, 3.63) is 35.7 Å². The fourth-order valence-electron chi connectivity index (χ4n) is 1.56. The lowest BCUT2D eigenvalue weighted by molar-refractivity contribution is -0.114. The first-order valence-corrected chi connectivity index (χ1v) is 7.72. The van der Waals surface area contributed by atoms with Gasteiger partial charge in [0.15, 0.2) is 5.82 Å². The monoisotopic (exact) mass is 320 g/mol. The Labute approximate surface area is 131 Å². The second kappa shape index (κ2) is 7.60. The van der Waals surface area contributed by atoms with Crippen LogP contribution in [0.2, 0.25) is 0 Å². The summed E-state index contributed by atoms with van der Waals surface area (Å²) in [5.74, 6) is 1.37. The van der Waals surface area contributed by atoms with Crippen molar-refractivity contribution in [2.75, 3.05) is 22.1 Å². The molecule has 0 bridgehead atoms. The number of aryl methyl sites for hydroxylation is 2. The van der Waals surface area contributed by atoms with E-state index in [4.69, 9.17) is 4.52 Å². The van der Waals surface area contributed by atoms with Crippen LogP contribution in [0.3, 0.4) is 0 Å². The molecule has 0 saturated carbocycles. The maximum Gasteiger partial charge on any atom is 0.235 e. The van der Waals surface area contributed by atoms with Gasteiger partial charge in [0.1, 0.15) is 11.6 Å². The zero-order valence-electron chi connectivity index (χ0n) is 12.3. The number of nitrogens with one attached hydrogen (secondary N) is 2. The molecular formula is C14H16N4O3S. The number of aromatic nitrogens is 2. The van der Waals surface area contributed by atoms with Gasteiger partial charge in [-0.25, -0.2) is 4.98 Å². The van der Waals surface area contributed by atoms with Gasteiger partial charge in [-0.3, -0.25) is 9.59 Å². The van der Waals surface area contributed by atoms with Crippen LogP contribution in [-0.2, 0) is 9.59 Å². The molecule has 2 N–H and O–H groups in total. The average Bonchev–Trinajstić information content (AvgIpc) is 2.86. The van der Waals surface area contributed by atoms with Gasteiger partial charge in [0, 0.05) is 12.3 Å². The quantitative estimate of drug-likeness (QED) is 0.845. The molecule has 0 aliphatic rings. The lowest BCUT2D eigenvalue weighted by atomic mass is 10.3. The molecule has 7 nitrogen and oxygen atoms in total.